The molecule has 0 spiro atoms. The number of hydrogen-bond acceptors (Lipinski definition) is 4. The molecule has 0 aliphatic rings. The molecule has 0 saturated carbocycles. The van der Waals surface area contributed by atoms with Crippen molar-refractivity contribution >= 4 is 22.0 Å². The molecule has 1 amide bonds. The molecule has 6 heteroatoms. The van der Waals surface area contributed by atoms with Gasteiger partial charge >= 0.3 is 6.09 Å². The van der Waals surface area contributed by atoms with Crippen LogP contribution < -0.4 is 4.74 Å². The van der Waals surface area contributed by atoms with Gasteiger partial charge in [-0.2, -0.15) is 0 Å². The first-order valence-electron chi connectivity index (χ1n) is 6.68. The average molecular weight is 360 g/mol. The fourth-order valence-corrected chi connectivity index (χ4v) is 1.91. The van der Waals surface area contributed by atoms with Crippen molar-refractivity contribution in [1.82, 2.24) is 4.90 Å². The van der Waals surface area contributed by atoms with E-state index in [4.69, 9.17) is 9.47 Å². The molecule has 21 heavy (non-hydrogen) atoms. The van der Waals surface area contributed by atoms with E-state index < -0.39 is 17.8 Å². The maximum absolute atomic E-state index is 11.8. The molecule has 0 aromatic heterocycles. The van der Waals surface area contributed by atoms with Crippen LogP contribution >= 0.6 is 15.9 Å². The lowest BCUT2D eigenvalue weighted by atomic mass is 10.2. The highest BCUT2D eigenvalue weighted by atomic mass is 79.9. The number of rotatable bonds is 5. The van der Waals surface area contributed by atoms with Crippen molar-refractivity contribution in [3.8, 4) is 5.75 Å². The van der Waals surface area contributed by atoms with Crippen LogP contribution in [-0.2, 0) is 4.74 Å². The lowest BCUT2D eigenvalue weighted by Crippen LogP contribution is -2.40. The number of ether oxygens (including phenoxy) is 2. The molecule has 0 heterocycles. The average Bonchev–Trinajstić information content (AvgIpc) is 2.34. The zero-order valence-corrected chi connectivity index (χ0v) is 14.4. The number of carbonyl (C=O) groups is 1. The summed E-state index contributed by atoms with van der Waals surface area (Å²) in [4.78, 5) is 13.1. The predicted molar refractivity (Wildman–Crippen MR) is 84.5 cm³/mol. The van der Waals surface area contributed by atoms with E-state index in [9.17, 15) is 9.90 Å². The lowest BCUT2D eigenvalue weighted by molar-refractivity contribution is 0.0154. The van der Waals surface area contributed by atoms with Gasteiger partial charge in [0, 0.05) is 11.5 Å². The highest BCUT2D eigenvalue weighted by Crippen LogP contribution is 2.18. The number of aliphatic hydroxyl groups excluding tert-OH is 1. The van der Waals surface area contributed by atoms with Crippen LogP contribution in [0.3, 0.4) is 0 Å². The van der Waals surface area contributed by atoms with Gasteiger partial charge in [-0.05, 0) is 39.0 Å². The second kappa shape index (κ2) is 7.66. The Morgan fingerprint density at radius 1 is 1.43 bits per heavy atom. The first-order chi connectivity index (χ1) is 9.67. The lowest BCUT2D eigenvalue weighted by Gasteiger charge is -2.26. The third-order valence-corrected chi connectivity index (χ3v) is 2.92. The maximum Gasteiger partial charge on any atom is 0.410 e. The van der Waals surface area contributed by atoms with Crippen LogP contribution in [0.5, 0.6) is 5.75 Å². The quantitative estimate of drug-likeness (QED) is 0.877. The van der Waals surface area contributed by atoms with E-state index >= 15 is 0 Å². The molecule has 1 unspecified atom stereocenters. The second-order valence-corrected chi connectivity index (χ2v) is 6.70. The fraction of sp³-hybridized carbons (Fsp3) is 0.533. The molecule has 5 nitrogen and oxygen atoms in total. The number of carbonyl (C=O) groups excluding carboxylic acids is 1. The Hall–Kier alpha value is -1.27. The summed E-state index contributed by atoms with van der Waals surface area (Å²) in [6.07, 6.45) is -1.26. The van der Waals surface area contributed by atoms with Crippen LogP contribution in [0.25, 0.3) is 0 Å². The molecule has 1 atom stereocenters. The van der Waals surface area contributed by atoms with Gasteiger partial charge in [-0.3, -0.25) is 0 Å². The molecule has 0 radical (unpaired) electrons. The van der Waals surface area contributed by atoms with Gasteiger partial charge < -0.3 is 19.5 Å². The summed E-state index contributed by atoms with van der Waals surface area (Å²) in [7, 11) is 1.58. The van der Waals surface area contributed by atoms with Gasteiger partial charge in [0.1, 0.15) is 24.1 Å². The number of halogens is 1. The molecule has 0 fully saturated rings. The zero-order chi connectivity index (χ0) is 16.0. The Bertz CT molecular complexity index is 473. The van der Waals surface area contributed by atoms with Crippen LogP contribution in [-0.4, -0.2) is 48.0 Å². The summed E-state index contributed by atoms with van der Waals surface area (Å²) >= 11 is 3.34. The highest BCUT2D eigenvalue weighted by molar-refractivity contribution is 9.10. The Kier molecular flexibility index (Phi) is 6.48. The molecule has 1 aromatic rings. The summed E-state index contributed by atoms with van der Waals surface area (Å²) in [5.41, 5.74) is -0.552. The van der Waals surface area contributed by atoms with E-state index in [0.717, 1.165) is 4.47 Å². The summed E-state index contributed by atoms with van der Waals surface area (Å²) in [5.74, 6) is 0.656. The number of likely N-dealkylation sites (N-methyl/N-ethyl adjacent to an activating group) is 1. The van der Waals surface area contributed by atoms with E-state index in [0.29, 0.717) is 5.75 Å². The number of amides is 1. The number of hydrogen-bond donors (Lipinski definition) is 1. The van der Waals surface area contributed by atoms with Crippen molar-refractivity contribution in [1.29, 1.82) is 0 Å². The summed E-state index contributed by atoms with van der Waals surface area (Å²) in [5, 5.41) is 9.91. The maximum atomic E-state index is 11.8. The Balaban J connectivity index is 2.39. The van der Waals surface area contributed by atoms with Crippen LogP contribution in [0.15, 0.2) is 28.7 Å². The SMILES string of the molecule is CN(CC(O)COc1cccc(Br)c1)C(=O)OC(C)(C)C. The standard InChI is InChI=1S/C15H22BrNO4/c1-15(2,3)21-14(19)17(4)9-12(18)10-20-13-7-5-6-11(16)8-13/h5-8,12,18H,9-10H2,1-4H3. The smallest absolute Gasteiger partial charge is 0.410 e. The summed E-state index contributed by atoms with van der Waals surface area (Å²) in [6.45, 7) is 5.63. The van der Waals surface area contributed by atoms with E-state index in [1.165, 1.54) is 4.90 Å². The van der Waals surface area contributed by atoms with Gasteiger partial charge in [-0.15, -0.1) is 0 Å². The molecule has 1 rings (SSSR count). The molecule has 0 aliphatic heterocycles. The van der Waals surface area contributed by atoms with Crippen molar-refractivity contribution in [2.24, 2.45) is 0 Å². The van der Waals surface area contributed by atoms with E-state index in [-0.39, 0.29) is 13.2 Å². The van der Waals surface area contributed by atoms with Gasteiger partial charge in [0.25, 0.3) is 0 Å². The minimum Gasteiger partial charge on any atom is -0.491 e. The Morgan fingerprint density at radius 2 is 2.10 bits per heavy atom. The van der Waals surface area contributed by atoms with Crippen molar-refractivity contribution in [3.05, 3.63) is 28.7 Å². The summed E-state index contributed by atoms with van der Waals surface area (Å²) < 4.78 is 11.6. The normalized spacial score (nSPS) is 12.7. The first-order valence-corrected chi connectivity index (χ1v) is 7.47. The van der Waals surface area contributed by atoms with Crippen LogP contribution in [0.4, 0.5) is 4.79 Å². The largest absolute Gasteiger partial charge is 0.491 e. The van der Waals surface area contributed by atoms with Crippen molar-refractivity contribution in [3.63, 3.8) is 0 Å². The molecule has 0 saturated heterocycles. The highest BCUT2D eigenvalue weighted by Gasteiger charge is 2.21. The summed E-state index contributed by atoms with van der Waals surface area (Å²) in [6, 6.07) is 7.34. The monoisotopic (exact) mass is 359 g/mol. The van der Waals surface area contributed by atoms with Crippen LogP contribution in [0.1, 0.15) is 20.8 Å². The third kappa shape index (κ3) is 7.34. The molecule has 0 bridgehead atoms. The van der Waals surface area contributed by atoms with Crippen LogP contribution in [0, 0.1) is 0 Å². The third-order valence-electron chi connectivity index (χ3n) is 2.43. The van der Waals surface area contributed by atoms with Gasteiger partial charge in [0.2, 0.25) is 0 Å². The van der Waals surface area contributed by atoms with E-state index in [2.05, 4.69) is 15.9 Å². The molecule has 0 aliphatic carbocycles. The minimum absolute atomic E-state index is 0.101. The van der Waals surface area contributed by atoms with Crippen molar-refractivity contribution in [2.45, 2.75) is 32.5 Å². The van der Waals surface area contributed by atoms with Crippen molar-refractivity contribution in [2.75, 3.05) is 20.2 Å². The van der Waals surface area contributed by atoms with Gasteiger partial charge in [-0.25, -0.2) is 4.79 Å². The second-order valence-electron chi connectivity index (χ2n) is 5.78. The number of benzene rings is 1. The fourth-order valence-electron chi connectivity index (χ4n) is 1.53. The number of nitrogens with zero attached hydrogens (tertiary/aromatic N) is 1. The number of aliphatic hydroxyl groups is 1. The Labute approximate surface area is 134 Å². The molecular weight excluding hydrogens is 338 g/mol. The van der Waals surface area contributed by atoms with Gasteiger partial charge in [0.15, 0.2) is 0 Å². The zero-order valence-electron chi connectivity index (χ0n) is 12.8. The van der Waals surface area contributed by atoms with Crippen LogP contribution in [0.2, 0.25) is 0 Å². The van der Waals surface area contributed by atoms with Gasteiger partial charge in [-0.1, -0.05) is 22.0 Å². The molecule has 1 aromatic carbocycles. The van der Waals surface area contributed by atoms with E-state index in [1.54, 1.807) is 33.9 Å². The molecule has 1 N–H and O–H groups in total. The first kappa shape index (κ1) is 17.8. The van der Waals surface area contributed by atoms with Gasteiger partial charge in [0.05, 0.1) is 6.54 Å². The van der Waals surface area contributed by atoms with Crippen molar-refractivity contribution < 1.29 is 19.4 Å². The molecule has 118 valence electrons. The topological polar surface area (TPSA) is 59.0 Å². The predicted octanol–water partition coefficient (Wildman–Crippen LogP) is 3.06. The van der Waals surface area contributed by atoms with E-state index in [1.807, 2.05) is 18.2 Å². The molecular formula is C15H22BrNO4. The minimum atomic E-state index is -0.790. The Morgan fingerprint density at radius 3 is 2.67 bits per heavy atom.